The number of nitro groups is 1. The minimum Gasteiger partial charge on any atom is -0.406 e. The van der Waals surface area contributed by atoms with Gasteiger partial charge in [-0.1, -0.05) is 11.6 Å². The van der Waals surface area contributed by atoms with E-state index in [0.717, 1.165) is 30.6 Å². The van der Waals surface area contributed by atoms with E-state index >= 15 is 0 Å². The van der Waals surface area contributed by atoms with Gasteiger partial charge in [-0.05, 0) is 30.3 Å². The van der Waals surface area contributed by atoms with E-state index in [9.17, 15) is 36.5 Å². The number of hydrogen-bond acceptors (Lipinski definition) is 8. The van der Waals surface area contributed by atoms with Crippen molar-refractivity contribution in [2.45, 2.75) is 12.5 Å². The van der Waals surface area contributed by atoms with Crippen LogP contribution >= 0.6 is 11.6 Å². The molecule has 1 aromatic carbocycles. The van der Waals surface area contributed by atoms with Crippen molar-refractivity contribution in [3.8, 4) is 5.75 Å². The van der Waals surface area contributed by atoms with E-state index in [1.807, 2.05) is 0 Å². The first-order valence-corrected chi connectivity index (χ1v) is 8.83. The normalized spacial score (nSPS) is 11.7. The molecule has 0 bridgehead atoms. The molecule has 0 radical (unpaired) electrons. The maximum atomic E-state index is 12.8. The Morgan fingerprint density at radius 2 is 1.55 bits per heavy atom. The van der Waals surface area contributed by atoms with Crippen LogP contribution in [0.25, 0.3) is 0 Å². The summed E-state index contributed by atoms with van der Waals surface area (Å²) in [6, 6.07) is 4.80. The fourth-order valence-corrected chi connectivity index (χ4v) is 2.62. The number of hydrogen-bond donors (Lipinski definition) is 2. The Morgan fingerprint density at radius 1 is 0.939 bits per heavy atom. The summed E-state index contributed by atoms with van der Waals surface area (Å²) in [6.45, 7) is 0. The van der Waals surface area contributed by atoms with Crippen molar-refractivity contribution in [3.63, 3.8) is 0 Å². The van der Waals surface area contributed by atoms with Crippen LogP contribution in [-0.4, -0.2) is 26.2 Å². The van der Waals surface area contributed by atoms with Gasteiger partial charge in [0.25, 0.3) is 0 Å². The van der Waals surface area contributed by atoms with Gasteiger partial charge in [0.15, 0.2) is 5.82 Å². The molecule has 0 amide bonds. The van der Waals surface area contributed by atoms with Crippen LogP contribution in [-0.2, 0) is 6.18 Å². The zero-order valence-corrected chi connectivity index (χ0v) is 16.5. The molecule has 3 aromatic rings. The standard InChI is InChI=1S/C17H9ClF6N6O3/c18-11-5-8(16(19,20)21)6-25-13(11)29-15-12(30(31)32)14(26-7-27-15)28-9-1-3-10(4-2-9)33-17(22,23)24/h1-7H,(H2,25,26,27,28,29). The van der Waals surface area contributed by atoms with Gasteiger partial charge >= 0.3 is 18.2 Å². The smallest absolute Gasteiger partial charge is 0.406 e. The Kier molecular flexibility index (Phi) is 6.44. The Labute approximate surface area is 184 Å². The number of pyridine rings is 1. The highest BCUT2D eigenvalue weighted by molar-refractivity contribution is 6.33. The molecule has 16 heteroatoms. The minimum atomic E-state index is -4.89. The van der Waals surface area contributed by atoms with Gasteiger partial charge in [-0.15, -0.1) is 13.2 Å². The van der Waals surface area contributed by atoms with E-state index < -0.39 is 45.3 Å². The average Bonchev–Trinajstić information content (AvgIpc) is 2.69. The molecule has 2 N–H and O–H groups in total. The van der Waals surface area contributed by atoms with Gasteiger partial charge in [-0.25, -0.2) is 15.0 Å². The van der Waals surface area contributed by atoms with Gasteiger partial charge in [0.2, 0.25) is 11.6 Å². The topological polar surface area (TPSA) is 115 Å². The van der Waals surface area contributed by atoms with Crippen molar-refractivity contribution in [1.82, 2.24) is 15.0 Å². The predicted molar refractivity (Wildman–Crippen MR) is 103 cm³/mol. The number of halogens is 7. The maximum Gasteiger partial charge on any atom is 0.573 e. The predicted octanol–water partition coefficient (Wildman–Crippen LogP) is 5.84. The van der Waals surface area contributed by atoms with Crippen LogP contribution in [0, 0.1) is 10.1 Å². The van der Waals surface area contributed by atoms with E-state index in [1.54, 1.807) is 0 Å². The molecule has 3 rings (SSSR count). The van der Waals surface area contributed by atoms with Crippen LogP contribution in [0.15, 0.2) is 42.9 Å². The molecular formula is C17H9ClF6N6O3. The zero-order chi connectivity index (χ0) is 24.4. The third-order valence-electron chi connectivity index (χ3n) is 3.76. The molecule has 0 aliphatic heterocycles. The lowest BCUT2D eigenvalue weighted by Gasteiger charge is -2.12. The number of aromatic nitrogens is 3. The molecule has 0 spiro atoms. The summed E-state index contributed by atoms with van der Waals surface area (Å²) in [5.41, 5.74) is -1.75. The average molecular weight is 495 g/mol. The summed E-state index contributed by atoms with van der Waals surface area (Å²) in [7, 11) is 0. The van der Waals surface area contributed by atoms with Gasteiger partial charge in [-0.3, -0.25) is 10.1 Å². The van der Waals surface area contributed by atoms with Gasteiger partial charge in [0, 0.05) is 11.9 Å². The van der Waals surface area contributed by atoms with Gasteiger partial charge in [-0.2, -0.15) is 13.2 Å². The van der Waals surface area contributed by atoms with E-state index in [-0.39, 0.29) is 17.3 Å². The quantitative estimate of drug-likeness (QED) is 0.249. The first-order chi connectivity index (χ1) is 15.3. The highest BCUT2D eigenvalue weighted by Crippen LogP contribution is 2.36. The van der Waals surface area contributed by atoms with Crippen LogP contribution in [0.2, 0.25) is 5.02 Å². The number of rotatable bonds is 6. The second kappa shape index (κ2) is 8.93. The minimum absolute atomic E-state index is 0.114. The highest BCUT2D eigenvalue weighted by Gasteiger charge is 2.32. The summed E-state index contributed by atoms with van der Waals surface area (Å²) >= 11 is 5.80. The third-order valence-corrected chi connectivity index (χ3v) is 4.05. The molecule has 0 fully saturated rings. The molecule has 2 heterocycles. The van der Waals surface area contributed by atoms with E-state index in [1.165, 1.54) is 0 Å². The summed E-state index contributed by atoms with van der Waals surface area (Å²) in [4.78, 5) is 21.7. The molecule has 174 valence electrons. The fraction of sp³-hybridized carbons (Fsp3) is 0.118. The Morgan fingerprint density at radius 3 is 2.06 bits per heavy atom. The van der Waals surface area contributed by atoms with Crippen LogP contribution in [0.1, 0.15) is 5.56 Å². The second-order valence-electron chi connectivity index (χ2n) is 6.05. The lowest BCUT2D eigenvalue weighted by molar-refractivity contribution is -0.383. The summed E-state index contributed by atoms with van der Waals surface area (Å²) in [5.74, 6) is -1.68. The fourth-order valence-electron chi connectivity index (χ4n) is 2.41. The number of anilines is 4. The van der Waals surface area contributed by atoms with Crippen LogP contribution in [0.3, 0.4) is 0 Å². The molecular weight excluding hydrogens is 486 g/mol. The van der Waals surface area contributed by atoms with E-state index in [0.29, 0.717) is 12.3 Å². The summed E-state index contributed by atoms with van der Waals surface area (Å²) in [6.07, 6.45) is -8.22. The second-order valence-corrected chi connectivity index (χ2v) is 6.46. The molecule has 0 aliphatic carbocycles. The van der Waals surface area contributed by atoms with Crippen molar-refractivity contribution in [2.24, 2.45) is 0 Å². The molecule has 0 atom stereocenters. The Hall–Kier alpha value is -3.88. The molecule has 0 unspecified atom stereocenters. The first kappa shape index (κ1) is 23.8. The van der Waals surface area contributed by atoms with Crippen molar-refractivity contribution in [2.75, 3.05) is 10.6 Å². The zero-order valence-electron chi connectivity index (χ0n) is 15.7. The Balaban J connectivity index is 1.88. The van der Waals surface area contributed by atoms with Gasteiger partial charge in [0.05, 0.1) is 15.5 Å². The number of nitrogens with one attached hydrogen (secondary N) is 2. The lowest BCUT2D eigenvalue weighted by Crippen LogP contribution is -2.17. The molecule has 0 saturated heterocycles. The van der Waals surface area contributed by atoms with Gasteiger partial charge in [0.1, 0.15) is 12.1 Å². The van der Waals surface area contributed by atoms with E-state index in [2.05, 4.69) is 30.3 Å². The third kappa shape index (κ3) is 6.09. The van der Waals surface area contributed by atoms with Crippen LogP contribution in [0.5, 0.6) is 5.75 Å². The number of alkyl halides is 6. The van der Waals surface area contributed by atoms with Crippen molar-refractivity contribution in [3.05, 3.63) is 63.6 Å². The van der Waals surface area contributed by atoms with Crippen molar-refractivity contribution >= 4 is 40.4 Å². The molecule has 0 saturated carbocycles. The lowest BCUT2D eigenvalue weighted by atomic mass is 10.2. The molecule has 2 aromatic heterocycles. The summed E-state index contributed by atoms with van der Waals surface area (Å²) < 4.78 is 78.8. The van der Waals surface area contributed by atoms with Crippen LogP contribution < -0.4 is 15.4 Å². The molecule has 0 aliphatic rings. The van der Waals surface area contributed by atoms with Gasteiger partial charge < -0.3 is 15.4 Å². The monoisotopic (exact) mass is 494 g/mol. The first-order valence-electron chi connectivity index (χ1n) is 8.45. The number of ether oxygens (including phenoxy) is 1. The largest absolute Gasteiger partial charge is 0.573 e. The maximum absolute atomic E-state index is 12.8. The van der Waals surface area contributed by atoms with E-state index in [4.69, 9.17) is 11.6 Å². The Bertz CT molecular complexity index is 1170. The summed E-state index contributed by atoms with van der Waals surface area (Å²) in [5, 5.41) is 16.0. The SMILES string of the molecule is O=[N+]([O-])c1c(Nc2ccc(OC(F)(F)F)cc2)ncnc1Nc1ncc(C(F)(F)F)cc1Cl. The van der Waals surface area contributed by atoms with Crippen molar-refractivity contribution < 1.29 is 36.0 Å². The molecule has 33 heavy (non-hydrogen) atoms. The number of nitrogens with zero attached hydrogens (tertiary/aromatic N) is 4. The molecule has 9 nitrogen and oxygen atoms in total. The highest BCUT2D eigenvalue weighted by atomic mass is 35.5. The number of benzene rings is 1. The van der Waals surface area contributed by atoms with Crippen LogP contribution in [0.4, 0.5) is 55.2 Å². The van der Waals surface area contributed by atoms with Crippen molar-refractivity contribution in [1.29, 1.82) is 0 Å².